The van der Waals surface area contributed by atoms with E-state index in [1.165, 1.54) is 23.3 Å². The molecule has 3 nitrogen and oxygen atoms in total. The van der Waals surface area contributed by atoms with E-state index in [1.54, 1.807) is 12.1 Å². The van der Waals surface area contributed by atoms with E-state index in [4.69, 9.17) is 4.74 Å². The normalized spacial score (nSPS) is 10.2. The van der Waals surface area contributed by atoms with Gasteiger partial charge in [0.15, 0.2) is 18.2 Å². The molecule has 0 atom stereocenters. The average Bonchev–Trinajstić information content (AvgIpc) is 2.48. The molecule has 0 aliphatic heterocycles. The largest absolute Gasteiger partial charge is 0.481 e. The van der Waals surface area contributed by atoms with Crippen LogP contribution in [-0.4, -0.2) is 19.1 Å². The molecule has 0 aromatic heterocycles. The first-order valence-electron chi connectivity index (χ1n) is 6.85. The average molecular weight is 287 g/mol. The number of halogens is 1. The number of carbonyl (C=O) groups is 1. The van der Waals surface area contributed by atoms with Crippen molar-refractivity contribution >= 4 is 5.91 Å². The summed E-state index contributed by atoms with van der Waals surface area (Å²) >= 11 is 0. The molecule has 0 aliphatic rings. The highest BCUT2D eigenvalue weighted by molar-refractivity contribution is 5.77. The number of amides is 1. The Morgan fingerprint density at radius 1 is 1.14 bits per heavy atom. The van der Waals surface area contributed by atoms with E-state index in [0.717, 1.165) is 6.42 Å². The summed E-state index contributed by atoms with van der Waals surface area (Å²) in [6.07, 6.45) is 0.762. The molecule has 2 aromatic carbocycles. The number of nitrogens with one attached hydrogen (secondary N) is 1. The number of para-hydroxylation sites is 1. The van der Waals surface area contributed by atoms with Gasteiger partial charge in [0, 0.05) is 6.54 Å². The Hall–Kier alpha value is -2.36. The number of benzene rings is 2. The highest BCUT2D eigenvalue weighted by Gasteiger charge is 2.06. The molecule has 2 rings (SSSR count). The summed E-state index contributed by atoms with van der Waals surface area (Å²) in [5.41, 5.74) is 2.40. The van der Waals surface area contributed by atoms with Crippen molar-refractivity contribution in [2.24, 2.45) is 0 Å². The Morgan fingerprint density at radius 3 is 2.62 bits per heavy atom. The van der Waals surface area contributed by atoms with E-state index in [-0.39, 0.29) is 18.3 Å². The summed E-state index contributed by atoms with van der Waals surface area (Å²) in [6.45, 7) is 2.39. The summed E-state index contributed by atoms with van der Waals surface area (Å²) in [5.74, 6) is -0.636. The molecular weight excluding hydrogens is 269 g/mol. The van der Waals surface area contributed by atoms with E-state index in [0.29, 0.717) is 6.54 Å². The molecule has 0 bridgehead atoms. The van der Waals surface area contributed by atoms with Gasteiger partial charge >= 0.3 is 0 Å². The van der Waals surface area contributed by atoms with Gasteiger partial charge in [-0.1, -0.05) is 36.4 Å². The van der Waals surface area contributed by atoms with Crippen LogP contribution < -0.4 is 10.1 Å². The van der Waals surface area contributed by atoms with Crippen LogP contribution in [0, 0.1) is 12.7 Å². The van der Waals surface area contributed by atoms with Crippen LogP contribution in [-0.2, 0) is 11.2 Å². The van der Waals surface area contributed by atoms with Crippen LogP contribution in [0.5, 0.6) is 5.75 Å². The summed E-state index contributed by atoms with van der Waals surface area (Å²) < 4.78 is 18.4. The zero-order valence-electron chi connectivity index (χ0n) is 11.9. The van der Waals surface area contributed by atoms with Gasteiger partial charge in [-0.25, -0.2) is 4.39 Å². The maximum absolute atomic E-state index is 13.3. The van der Waals surface area contributed by atoms with Crippen LogP contribution >= 0.6 is 0 Å². The van der Waals surface area contributed by atoms with Crippen LogP contribution in [0.25, 0.3) is 0 Å². The molecule has 0 fully saturated rings. The van der Waals surface area contributed by atoms with Crippen molar-refractivity contribution < 1.29 is 13.9 Å². The van der Waals surface area contributed by atoms with Gasteiger partial charge in [-0.3, -0.25) is 4.79 Å². The van der Waals surface area contributed by atoms with Crippen LogP contribution in [0.1, 0.15) is 11.1 Å². The minimum atomic E-state index is -0.467. The molecule has 2 aromatic rings. The molecule has 0 saturated carbocycles. The molecule has 110 valence electrons. The van der Waals surface area contributed by atoms with Gasteiger partial charge in [0.05, 0.1) is 0 Å². The van der Waals surface area contributed by atoms with Crippen molar-refractivity contribution in [3.63, 3.8) is 0 Å². The van der Waals surface area contributed by atoms with Crippen molar-refractivity contribution in [3.05, 3.63) is 65.5 Å². The SMILES string of the molecule is Cc1ccccc1CCNC(=O)COc1ccccc1F. The summed E-state index contributed by atoms with van der Waals surface area (Å²) in [7, 11) is 0. The third kappa shape index (κ3) is 4.60. The Morgan fingerprint density at radius 2 is 1.86 bits per heavy atom. The molecule has 0 unspecified atom stereocenters. The van der Waals surface area contributed by atoms with E-state index in [9.17, 15) is 9.18 Å². The molecule has 21 heavy (non-hydrogen) atoms. The quantitative estimate of drug-likeness (QED) is 0.887. The third-order valence-corrected chi connectivity index (χ3v) is 3.17. The van der Waals surface area contributed by atoms with E-state index >= 15 is 0 Å². The van der Waals surface area contributed by atoms with E-state index in [1.807, 2.05) is 31.2 Å². The smallest absolute Gasteiger partial charge is 0.257 e. The lowest BCUT2D eigenvalue weighted by Crippen LogP contribution is -2.30. The molecule has 0 spiro atoms. The summed E-state index contributed by atoms with van der Waals surface area (Å²) in [5, 5.41) is 2.76. The number of rotatable bonds is 6. The van der Waals surface area contributed by atoms with Crippen molar-refractivity contribution in [2.45, 2.75) is 13.3 Å². The van der Waals surface area contributed by atoms with Crippen LogP contribution in [0.4, 0.5) is 4.39 Å². The molecule has 1 N–H and O–H groups in total. The molecule has 0 saturated heterocycles. The lowest BCUT2D eigenvalue weighted by molar-refractivity contribution is -0.123. The fourth-order valence-electron chi connectivity index (χ4n) is 1.98. The van der Waals surface area contributed by atoms with Crippen molar-refractivity contribution in [1.82, 2.24) is 5.32 Å². The maximum Gasteiger partial charge on any atom is 0.257 e. The predicted molar refractivity (Wildman–Crippen MR) is 79.8 cm³/mol. The molecule has 0 aliphatic carbocycles. The van der Waals surface area contributed by atoms with Crippen molar-refractivity contribution in [3.8, 4) is 5.75 Å². The van der Waals surface area contributed by atoms with Gasteiger partial charge < -0.3 is 10.1 Å². The fourth-order valence-corrected chi connectivity index (χ4v) is 1.98. The lowest BCUT2D eigenvalue weighted by atomic mass is 10.1. The molecule has 0 heterocycles. The highest BCUT2D eigenvalue weighted by atomic mass is 19.1. The minimum Gasteiger partial charge on any atom is -0.481 e. The molecule has 1 amide bonds. The molecule has 4 heteroatoms. The Labute approximate surface area is 123 Å². The zero-order valence-corrected chi connectivity index (χ0v) is 11.9. The predicted octanol–water partition coefficient (Wildman–Crippen LogP) is 2.87. The standard InChI is InChI=1S/C17H18FNO2/c1-13-6-2-3-7-14(13)10-11-19-17(20)12-21-16-9-5-4-8-15(16)18/h2-9H,10-12H2,1H3,(H,19,20). The van der Waals surface area contributed by atoms with Crippen LogP contribution in [0.15, 0.2) is 48.5 Å². The first-order chi connectivity index (χ1) is 10.2. The second kappa shape index (κ2) is 7.43. The van der Waals surface area contributed by atoms with Gasteiger partial charge in [0.1, 0.15) is 0 Å². The number of hydrogen-bond acceptors (Lipinski definition) is 2. The van der Waals surface area contributed by atoms with Gasteiger partial charge in [-0.05, 0) is 36.6 Å². The summed E-state index contributed by atoms with van der Waals surface area (Å²) in [6, 6.07) is 14.1. The van der Waals surface area contributed by atoms with E-state index < -0.39 is 5.82 Å². The van der Waals surface area contributed by atoms with Crippen LogP contribution in [0.3, 0.4) is 0 Å². The lowest BCUT2D eigenvalue weighted by Gasteiger charge is -2.09. The van der Waals surface area contributed by atoms with Gasteiger partial charge in [-0.15, -0.1) is 0 Å². The Bertz CT molecular complexity index is 613. The Balaban J connectivity index is 1.73. The number of ether oxygens (including phenoxy) is 1. The zero-order chi connectivity index (χ0) is 15.1. The molecular formula is C17H18FNO2. The fraction of sp³-hybridized carbons (Fsp3) is 0.235. The molecule has 0 radical (unpaired) electrons. The van der Waals surface area contributed by atoms with Crippen molar-refractivity contribution in [2.75, 3.05) is 13.2 Å². The second-order valence-corrected chi connectivity index (χ2v) is 4.75. The summed E-state index contributed by atoms with van der Waals surface area (Å²) in [4.78, 5) is 11.6. The van der Waals surface area contributed by atoms with Gasteiger partial charge in [0.25, 0.3) is 5.91 Å². The minimum absolute atomic E-state index is 0.0894. The van der Waals surface area contributed by atoms with Gasteiger partial charge in [0.2, 0.25) is 0 Å². The Kier molecular flexibility index (Phi) is 5.32. The first kappa shape index (κ1) is 15.0. The monoisotopic (exact) mass is 287 g/mol. The maximum atomic E-state index is 13.3. The van der Waals surface area contributed by atoms with Crippen molar-refractivity contribution in [1.29, 1.82) is 0 Å². The number of aryl methyl sites for hydroxylation is 1. The first-order valence-corrected chi connectivity index (χ1v) is 6.85. The number of hydrogen-bond donors (Lipinski definition) is 1. The van der Waals surface area contributed by atoms with E-state index in [2.05, 4.69) is 5.32 Å². The second-order valence-electron chi connectivity index (χ2n) is 4.75. The third-order valence-electron chi connectivity index (χ3n) is 3.17. The van der Waals surface area contributed by atoms with Gasteiger partial charge in [-0.2, -0.15) is 0 Å². The number of carbonyl (C=O) groups excluding carboxylic acids is 1. The topological polar surface area (TPSA) is 38.3 Å². The highest BCUT2D eigenvalue weighted by Crippen LogP contribution is 2.14. The van der Waals surface area contributed by atoms with Crippen LogP contribution in [0.2, 0.25) is 0 Å².